The molecule has 1 aliphatic carbocycles. The second-order valence-electron chi connectivity index (χ2n) is 6.55. The molecule has 0 radical (unpaired) electrons. The lowest BCUT2D eigenvalue weighted by molar-refractivity contribution is 0.744. The van der Waals surface area contributed by atoms with Crippen LogP contribution in [-0.4, -0.2) is 21.0 Å². The van der Waals surface area contributed by atoms with E-state index in [9.17, 15) is 0 Å². The molecule has 1 fully saturated rings. The lowest BCUT2D eigenvalue weighted by atomic mass is 10.2. The molecule has 0 spiro atoms. The predicted molar refractivity (Wildman–Crippen MR) is 119 cm³/mol. The van der Waals surface area contributed by atoms with Crippen molar-refractivity contribution in [2.24, 2.45) is 0 Å². The van der Waals surface area contributed by atoms with Crippen molar-refractivity contribution in [1.82, 2.24) is 15.0 Å². The molecule has 1 aliphatic rings. The van der Waals surface area contributed by atoms with Gasteiger partial charge in [0.05, 0.1) is 22.1 Å². The Morgan fingerprint density at radius 3 is 2.59 bits per heavy atom. The van der Waals surface area contributed by atoms with Crippen molar-refractivity contribution < 1.29 is 0 Å². The fourth-order valence-corrected chi connectivity index (χ4v) is 4.11. The highest BCUT2D eigenvalue weighted by Gasteiger charge is 2.17. The third kappa shape index (κ3) is 4.68. The number of anilines is 3. The van der Waals surface area contributed by atoms with Crippen LogP contribution in [0.5, 0.6) is 0 Å². The summed E-state index contributed by atoms with van der Waals surface area (Å²) >= 11 is 8.62. The molecule has 0 bridgehead atoms. The summed E-state index contributed by atoms with van der Waals surface area (Å²) in [5.74, 6) is 1.31. The molecular weight excluding hydrogens is 473 g/mol. The summed E-state index contributed by atoms with van der Waals surface area (Å²) in [6.07, 6.45) is 6.58. The van der Waals surface area contributed by atoms with E-state index in [-0.39, 0.29) is 0 Å². The van der Waals surface area contributed by atoms with Gasteiger partial charge in [-0.05, 0) is 65.8 Å². The van der Waals surface area contributed by atoms with Gasteiger partial charge in [0, 0.05) is 21.9 Å². The molecule has 2 N–H and O–H groups in total. The second-order valence-corrected chi connectivity index (χ2v) is 8.20. The van der Waals surface area contributed by atoms with E-state index in [1.807, 2.05) is 42.5 Å². The van der Waals surface area contributed by atoms with Gasteiger partial charge in [-0.3, -0.25) is 4.98 Å². The van der Waals surface area contributed by atoms with Gasteiger partial charge in [-0.1, -0.05) is 30.5 Å². The first-order valence-corrected chi connectivity index (χ1v) is 10.4. The minimum absolute atomic E-state index is 0.429. The van der Waals surface area contributed by atoms with Crippen LogP contribution in [0, 0.1) is 3.57 Å². The van der Waals surface area contributed by atoms with Crippen LogP contribution in [0.15, 0.2) is 48.7 Å². The first-order valence-electron chi connectivity index (χ1n) is 8.96. The zero-order chi connectivity index (χ0) is 18.6. The molecule has 7 heteroatoms. The lowest BCUT2D eigenvalue weighted by Crippen LogP contribution is -2.17. The Balaban J connectivity index is 1.68. The molecule has 0 aliphatic heterocycles. The van der Waals surface area contributed by atoms with Crippen LogP contribution in [-0.2, 0) is 0 Å². The standard InChI is InChI=1S/C20H19ClIN5/c21-15-11-13(22)8-9-16(15)25-19-12-18(17-7-3-4-10-23-17)26-20(27-19)24-14-5-1-2-6-14/h3-4,7-12,14H,1-2,5-6H2,(H2,24,25,26,27). The van der Waals surface area contributed by atoms with Gasteiger partial charge < -0.3 is 10.6 Å². The largest absolute Gasteiger partial charge is 0.351 e. The molecule has 0 amide bonds. The van der Waals surface area contributed by atoms with Crippen LogP contribution in [0.4, 0.5) is 17.5 Å². The molecule has 1 saturated carbocycles. The average Bonchev–Trinajstić information content (AvgIpc) is 3.18. The normalized spacial score (nSPS) is 14.3. The third-order valence-electron chi connectivity index (χ3n) is 4.54. The maximum Gasteiger partial charge on any atom is 0.225 e. The molecule has 4 rings (SSSR count). The highest BCUT2D eigenvalue weighted by molar-refractivity contribution is 14.1. The SMILES string of the molecule is Clc1cc(I)ccc1Nc1cc(-c2ccccn2)nc(NC2CCCC2)n1. The van der Waals surface area contributed by atoms with Crippen molar-refractivity contribution in [1.29, 1.82) is 0 Å². The average molecular weight is 492 g/mol. The van der Waals surface area contributed by atoms with Crippen LogP contribution in [0.3, 0.4) is 0 Å². The number of nitrogens with zero attached hydrogens (tertiary/aromatic N) is 3. The van der Waals surface area contributed by atoms with Gasteiger partial charge in [0.25, 0.3) is 0 Å². The number of aromatic nitrogens is 3. The summed E-state index contributed by atoms with van der Waals surface area (Å²) in [7, 11) is 0. The summed E-state index contributed by atoms with van der Waals surface area (Å²) in [6, 6.07) is 14.0. The third-order valence-corrected chi connectivity index (χ3v) is 5.52. The molecule has 27 heavy (non-hydrogen) atoms. The number of hydrogen-bond donors (Lipinski definition) is 2. The van der Waals surface area contributed by atoms with E-state index in [4.69, 9.17) is 11.6 Å². The fraction of sp³-hybridized carbons (Fsp3) is 0.250. The zero-order valence-corrected chi connectivity index (χ0v) is 17.5. The van der Waals surface area contributed by atoms with Crippen LogP contribution in [0.2, 0.25) is 5.02 Å². The fourth-order valence-electron chi connectivity index (χ4n) is 3.20. The van der Waals surface area contributed by atoms with E-state index >= 15 is 0 Å². The Bertz CT molecular complexity index is 929. The molecule has 138 valence electrons. The Morgan fingerprint density at radius 1 is 1.00 bits per heavy atom. The molecule has 1 aromatic carbocycles. The molecule has 2 heterocycles. The summed E-state index contributed by atoms with van der Waals surface area (Å²) in [4.78, 5) is 13.8. The van der Waals surface area contributed by atoms with Crippen molar-refractivity contribution in [3.63, 3.8) is 0 Å². The minimum Gasteiger partial charge on any atom is -0.351 e. The first-order chi connectivity index (χ1) is 13.2. The first kappa shape index (κ1) is 18.4. The topological polar surface area (TPSA) is 62.7 Å². The number of nitrogens with one attached hydrogen (secondary N) is 2. The van der Waals surface area contributed by atoms with Gasteiger partial charge in [-0.15, -0.1) is 0 Å². The number of hydrogen-bond acceptors (Lipinski definition) is 5. The van der Waals surface area contributed by atoms with Crippen LogP contribution in [0.1, 0.15) is 25.7 Å². The molecule has 2 aromatic heterocycles. The Hall–Kier alpha value is -1.93. The van der Waals surface area contributed by atoms with E-state index in [2.05, 4.69) is 48.2 Å². The van der Waals surface area contributed by atoms with Crippen LogP contribution in [0.25, 0.3) is 11.4 Å². The summed E-state index contributed by atoms with van der Waals surface area (Å²) in [5, 5.41) is 7.46. The highest BCUT2D eigenvalue weighted by Crippen LogP contribution is 2.29. The van der Waals surface area contributed by atoms with E-state index in [1.165, 1.54) is 12.8 Å². The highest BCUT2D eigenvalue weighted by atomic mass is 127. The Kier molecular flexibility index (Phi) is 5.73. The van der Waals surface area contributed by atoms with E-state index < -0.39 is 0 Å². The summed E-state index contributed by atoms with van der Waals surface area (Å²) in [6.45, 7) is 0. The Labute approximate surface area is 177 Å². The van der Waals surface area contributed by atoms with Crippen molar-refractivity contribution in [2.45, 2.75) is 31.7 Å². The molecule has 3 aromatic rings. The molecule has 0 unspecified atom stereocenters. The smallest absolute Gasteiger partial charge is 0.225 e. The molecule has 0 saturated heterocycles. The van der Waals surface area contributed by atoms with Crippen molar-refractivity contribution in [3.05, 3.63) is 57.3 Å². The van der Waals surface area contributed by atoms with Gasteiger partial charge in [0.1, 0.15) is 5.82 Å². The molecule has 5 nitrogen and oxygen atoms in total. The maximum absolute atomic E-state index is 6.37. The molecule has 0 atom stereocenters. The Morgan fingerprint density at radius 2 is 1.85 bits per heavy atom. The minimum atomic E-state index is 0.429. The van der Waals surface area contributed by atoms with E-state index in [0.717, 1.165) is 33.5 Å². The lowest BCUT2D eigenvalue weighted by Gasteiger charge is -2.15. The second kappa shape index (κ2) is 8.39. The number of benzene rings is 1. The molecular formula is C20H19ClIN5. The van der Waals surface area contributed by atoms with Gasteiger partial charge in [0.2, 0.25) is 5.95 Å². The van der Waals surface area contributed by atoms with E-state index in [0.29, 0.717) is 22.8 Å². The maximum atomic E-state index is 6.37. The zero-order valence-electron chi connectivity index (χ0n) is 14.6. The summed E-state index contributed by atoms with van der Waals surface area (Å²) < 4.78 is 1.09. The van der Waals surface area contributed by atoms with Crippen molar-refractivity contribution in [3.8, 4) is 11.4 Å². The quantitative estimate of drug-likeness (QED) is 0.436. The van der Waals surface area contributed by atoms with Gasteiger partial charge in [-0.25, -0.2) is 4.98 Å². The van der Waals surface area contributed by atoms with Crippen molar-refractivity contribution in [2.75, 3.05) is 10.6 Å². The van der Waals surface area contributed by atoms with Gasteiger partial charge in [0.15, 0.2) is 0 Å². The van der Waals surface area contributed by atoms with Crippen molar-refractivity contribution >= 4 is 51.6 Å². The van der Waals surface area contributed by atoms with Gasteiger partial charge in [-0.2, -0.15) is 4.98 Å². The number of pyridine rings is 1. The van der Waals surface area contributed by atoms with Crippen LogP contribution >= 0.6 is 34.2 Å². The van der Waals surface area contributed by atoms with Crippen LogP contribution < -0.4 is 10.6 Å². The van der Waals surface area contributed by atoms with E-state index in [1.54, 1.807) is 6.20 Å². The van der Waals surface area contributed by atoms with Gasteiger partial charge >= 0.3 is 0 Å². The number of rotatable bonds is 5. The monoisotopic (exact) mass is 491 g/mol. The number of halogens is 2. The summed E-state index contributed by atoms with van der Waals surface area (Å²) in [5.41, 5.74) is 2.40. The predicted octanol–water partition coefficient (Wildman–Crippen LogP) is 5.89.